The second kappa shape index (κ2) is 5.86. The fourth-order valence-electron chi connectivity index (χ4n) is 2.64. The topological polar surface area (TPSA) is 32.7 Å². The number of amides is 1. The van der Waals surface area contributed by atoms with Crippen LogP contribution in [0.2, 0.25) is 0 Å². The van der Waals surface area contributed by atoms with E-state index >= 15 is 0 Å². The third-order valence-electron chi connectivity index (χ3n) is 3.86. The summed E-state index contributed by atoms with van der Waals surface area (Å²) in [6, 6.07) is 13.7. The first kappa shape index (κ1) is 18.0. The minimum Gasteiger partial charge on any atom is -0.270 e. The monoisotopic (exact) mass is 372 g/mol. The number of halogens is 6. The zero-order valence-corrected chi connectivity index (χ0v) is 12.8. The summed E-state index contributed by atoms with van der Waals surface area (Å²) in [5.74, 6) is -2.92. The van der Waals surface area contributed by atoms with Crippen molar-refractivity contribution in [1.82, 2.24) is 0 Å². The summed E-state index contributed by atoms with van der Waals surface area (Å²) in [5, 5.41) is 0. The number of para-hydroxylation sites is 1. The number of benzene rings is 2. The van der Waals surface area contributed by atoms with E-state index in [4.69, 9.17) is 0 Å². The molecule has 0 fully saturated rings. The Labute approximate surface area is 143 Å². The number of hydrogen-bond donors (Lipinski definition) is 0. The van der Waals surface area contributed by atoms with Gasteiger partial charge in [-0.2, -0.15) is 26.3 Å². The van der Waals surface area contributed by atoms with E-state index in [1.165, 1.54) is 60.7 Å². The zero-order valence-electron chi connectivity index (χ0n) is 12.8. The lowest BCUT2D eigenvalue weighted by Gasteiger charge is -2.30. The molecule has 3 rings (SSSR count). The average molecular weight is 372 g/mol. The van der Waals surface area contributed by atoms with Crippen molar-refractivity contribution < 1.29 is 31.1 Å². The van der Waals surface area contributed by atoms with Gasteiger partial charge in [0.1, 0.15) is 5.84 Å². The Morgan fingerprint density at radius 1 is 0.769 bits per heavy atom. The Morgan fingerprint density at radius 3 is 1.69 bits per heavy atom. The molecule has 1 heterocycles. The predicted molar refractivity (Wildman–Crippen MR) is 81.7 cm³/mol. The summed E-state index contributed by atoms with van der Waals surface area (Å²) >= 11 is 0. The molecule has 9 heteroatoms. The summed E-state index contributed by atoms with van der Waals surface area (Å²) in [6.07, 6.45) is -11.9. The Hall–Kier alpha value is -2.84. The van der Waals surface area contributed by atoms with E-state index in [-0.39, 0.29) is 11.3 Å². The Kier molecular flexibility index (Phi) is 4.05. The van der Waals surface area contributed by atoms with Crippen LogP contribution in [0.4, 0.5) is 32.0 Å². The number of rotatable bonds is 2. The number of carbonyl (C=O) groups is 1. The molecule has 26 heavy (non-hydrogen) atoms. The SMILES string of the molecule is O=C1N(c2ccccc2)C(c2ccccc2)=NC1(C(F)(F)F)C(F)(F)F. The van der Waals surface area contributed by atoms with Crippen molar-refractivity contribution >= 4 is 17.4 Å². The highest BCUT2D eigenvalue weighted by Gasteiger charge is 2.79. The molecule has 0 N–H and O–H groups in total. The number of aliphatic imine (C=N–C) groups is 1. The quantitative estimate of drug-likeness (QED) is 0.722. The summed E-state index contributed by atoms with van der Waals surface area (Å²) in [7, 11) is 0. The van der Waals surface area contributed by atoms with E-state index in [0.717, 1.165) is 0 Å². The third kappa shape index (κ3) is 2.54. The zero-order chi connectivity index (χ0) is 19.2. The molecular formula is C17H10F6N2O. The lowest BCUT2D eigenvalue weighted by molar-refractivity contribution is -0.281. The average Bonchev–Trinajstić information content (AvgIpc) is 2.90. The number of anilines is 1. The number of hydrogen-bond acceptors (Lipinski definition) is 2. The van der Waals surface area contributed by atoms with E-state index < -0.39 is 29.6 Å². The van der Waals surface area contributed by atoms with Gasteiger partial charge in [0, 0.05) is 5.56 Å². The summed E-state index contributed by atoms with van der Waals surface area (Å²) in [6.45, 7) is 0. The second-order valence-electron chi connectivity index (χ2n) is 5.48. The lowest BCUT2D eigenvalue weighted by atomic mass is 9.98. The maximum Gasteiger partial charge on any atom is 0.432 e. The lowest BCUT2D eigenvalue weighted by Crippen LogP contribution is -2.61. The molecule has 0 unspecified atom stereocenters. The first-order valence-electron chi connectivity index (χ1n) is 7.28. The first-order valence-corrected chi connectivity index (χ1v) is 7.28. The Morgan fingerprint density at radius 2 is 1.23 bits per heavy atom. The Balaban J connectivity index is 2.30. The molecule has 3 nitrogen and oxygen atoms in total. The van der Waals surface area contributed by atoms with Crippen LogP contribution in [-0.4, -0.2) is 29.6 Å². The van der Waals surface area contributed by atoms with Gasteiger partial charge in [0.2, 0.25) is 0 Å². The smallest absolute Gasteiger partial charge is 0.270 e. The maximum absolute atomic E-state index is 13.5. The van der Waals surface area contributed by atoms with Crippen molar-refractivity contribution in [2.75, 3.05) is 4.90 Å². The van der Waals surface area contributed by atoms with Crippen molar-refractivity contribution in [3.8, 4) is 0 Å². The largest absolute Gasteiger partial charge is 0.432 e. The molecule has 2 aromatic carbocycles. The highest BCUT2D eigenvalue weighted by Crippen LogP contribution is 2.50. The van der Waals surface area contributed by atoms with E-state index in [2.05, 4.69) is 4.99 Å². The van der Waals surface area contributed by atoms with Crippen molar-refractivity contribution in [3.63, 3.8) is 0 Å². The highest BCUT2D eigenvalue weighted by atomic mass is 19.4. The van der Waals surface area contributed by atoms with Gasteiger partial charge < -0.3 is 0 Å². The molecule has 0 aliphatic carbocycles. The van der Waals surface area contributed by atoms with Crippen LogP contribution in [0.3, 0.4) is 0 Å². The van der Waals surface area contributed by atoms with E-state index in [1.54, 1.807) is 0 Å². The van der Waals surface area contributed by atoms with Gasteiger partial charge in [0.15, 0.2) is 0 Å². The van der Waals surface area contributed by atoms with Gasteiger partial charge in [-0.3, -0.25) is 9.69 Å². The fraction of sp³-hybridized carbons (Fsp3) is 0.176. The minimum absolute atomic E-state index is 0.0416. The van der Waals surface area contributed by atoms with Crippen LogP contribution in [0, 0.1) is 0 Å². The van der Waals surface area contributed by atoms with Gasteiger partial charge in [0.05, 0.1) is 5.69 Å². The van der Waals surface area contributed by atoms with Crippen molar-refractivity contribution in [3.05, 3.63) is 66.2 Å². The van der Waals surface area contributed by atoms with Crippen molar-refractivity contribution in [1.29, 1.82) is 0 Å². The molecule has 0 spiro atoms. The number of nitrogens with zero attached hydrogens (tertiary/aromatic N) is 2. The minimum atomic E-state index is -5.95. The van der Waals surface area contributed by atoms with Crippen LogP contribution in [0.5, 0.6) is 0 Å². The Bertz CT molecular complexity index is 829. The fourth-order valence-corrected chi connectivity index (χ4v) is 2.64. The van der Waals surface area contributed by atoms with Gasteiger partial charge in [-0.25, -0.2) is 4.99 Å². The number of amidine groups is 1. The van der Waals surface area contributed by atoms with Crippen LogP contribution < -0.4 is 4.90 Å². The molecule has 2 aromatic rings. The highest BCUT2D eigenvalue weighted by molar-refractivity contribution is 6.30. The van der Waals surface area contributed by atoms with Crippen LogP contribution in [-0.2, 0) is 4.79 Å². The molecule has 0 aromatic heterocycles. The summed E-state index contributed by atoms with van der Waals surface area (Å²) in [4.78, 5) is 15.7. The first-order chi connectivity index (χ1) is 12.1. The molecule has 1 aliphatic heterocycles. The summed E-state index contributed by atoms with van der Waals surface area (Å²) in [5.41, 5.74) is -5.03. The molecule has 0 bridgehead atoms. The molecule has 0 saturated heterocycles. The summed E-state index contributed by atoms with van der Waals surface area (Å²) < 4.78 is 80.8. The van der Waals surface area contributed by atoms with Gasteiger partial charge in [-0.05, 0) is 12.1 Å². The van der Waals surface area contributed by atoms with E-state index in [0.29, 0.717) is 4.90 Å². The third-order valence-corrected chi connectivity index (χ3v) is 3.86. The van der Waals surface area contributed by atoms with E-state index in [9.17, 15) is 31.1 Å². The van der Waals surface area contributed by atoms with Crippen LogP contribution >= 0.6 is 0 Å². The number of carbonyl (C=O) groups excluding carboxylic acids is 1. The van der Waals surface area contributed by atoms with Crippen LogP contribution in [0.1, 0.15) is 5.56 Å². The molecule has 0 radical (unpaired) electrons. The molecule has 1 amide bonds. The normalized spacial score (nSPS) is 17.4. The van der Waals surface area contributed by atoms with Gasteiger partial charge in [0.25, 0.3) is 5.91 Å². The molecular weight excluding hydrogens is 362 g/mol. The standard InChI is InChI=1S/C17H10F6N2O/c18-16(19,20)15(17(21,22)23)14(26)25(12-9-5-2-6-10-12)13(24-15)11-7-3-1-4-8-11/h1-10H. The predicted octanol–water partition coefficient (Wildman–Crippen LogP) is 4.34. The van der Waals surface area contributed by atoms with Crippen LogP contribution in [0.15, 0.2) is 65.7 Å². The number of alkyl halides is 6. The van der Waals surface area contributed by atoms with Crippen LogP contribution in [0.25, 0.3) is 0 Å². The van der Waals surface area contributed by atoms with Crippen molar-refractivity contribution in [2.24, 2.45) is 4.99 Å². The van der Waals surface area contributed by atoms with E-state index in [1.807, 2.05) is 0 Å². The molecule has 0 atom stereocenters. The second-order valence-corrected chi connectivity index (χ2v) is 5.48. The molecule has 0 saturated carbocycles. The maximum atomic E-state index is 13.5. The molecule has 1 aliphatic rings. The van der Waals surface area contributed by atoms with Gasteiger partial charge in [-0.15, -0.1) is 0 Å². The van der Waals surface area contributed by atoms with Crippen molar-refractivity contribution in [2.45, 2.75) is 17.9 Å². The molecule has 136 valence electrons. The van der Waals surface area contributed by atoms with Gasteiger partial charge in [-0.1, -0.05) is 48.5 Å². The van der Waals surface area contributed by atoms with Gasteiger partial charge >= 0.3 is 17.9 Å².